The van der Waals surface area contributed by atoms with Crippen LogP contribution in [0.5, 0.6) is 6.01 Å². The number of ether oxygens (including phenoxy) is 1. The quantitative estimate of drug-likeness (QED) is 0.495. The largest absolute Gasteiger partial charge is 0.462 e. The van der Waals surface area contributed by atoms with Gasteiger partial charge in [0, 0.05) is 31.2 Å². The summed E-state index contributed by atoms with van der Waals surface area (Å²) in [6.07, 6.45) is 8.50. The number of halogens is 1. The van der Waals surface area contributed by atoms with Gasteiger partial charge in [0.05, 0.1) is 24.2 Å². The fraction of sp³-hybridized carbons (Fsp3) is 0.562. The van der Waals surface area contributed by atoms with Crippen LogP contribution < -0.4 is 9.64 Å². The highest BCUT2D eigenvalue weighted by atomic mass is 19.1. The Morgan fingerprint density at radius 2 is 1.95 bits per heavy atom. The van der Waals surface area contributed by atoms with E-state index in [1.165, 1.54) is 22.4 Å². The third kappa shape index (κ3) is 5.54. The SMILES string of the molecule is C=C(F)C(=O)N1CCN(c2nc(OC[C@@H]3CCCN3C)nc3c2CC[C@]2(CCc4ccccc4C2)C3)C[C@@H]1CC#N. The molecule has 6 rings (SSSR count). The summed E-state index contributed by atoms with van der Waals surface area (Å²) in [6.45, 7) is 6.01. The van der Waals surface area contributed by atoms with Crippen molar-refractivity contribution in [3.8, 4) is 12.1 Å². The van der Waals surface area contributed by atoms with Crippen molar-refractivity contribution in [2.45, 2.75) is 69.9 Å². The number of carbonyl (C=O) groups is 1. The van der Waals surface area contributed by atoms with Crippen LogP contribution in [0.2, 0.25) is 0 Å². The van der Waals surface area contributed by atoms with Crippen molar-refractivity contribution >= 4 is 11.7 Å². The van der Waals surface area contributed by atoms with Crippen LogP contribution in [-0.2, 0) is 30.5 Å². The first-order chi connectivity index (χ1) is 19.9. The van der Waals surface area contributed by atoms with Gasteiger partial charge in [-0.1, -0.05) is 30.8 Å². The number of nitrogens with zero attached hydrogens (tertiary/aromatic N) is 6. The van der Waals surface area contributed by atoms with Gasteiger partial charge >= 0.3 is 6.01 Å². The van der Waals surface area contributed by atoms with Crippen LogP contribution in [-0.4, -0.2) is 77.6 Å². The highest BCUT2D eigenvalue weighted by molar-refractivity contribution is 5.91. The van der Waals surface area contributed by atoms with Crippen molar-refractivity contribution in [1.82, 2.24) is 19.8 Å². The summed E-state index contributed by atoms with van der Waals surface area (Å²) in [5, 5.41) is 9.48. The molecule has 3 atom stereocenters. The van der Waals surface area contributed by atoms with Gasteiger partial charge in [0.2, 0.25) is 0 Å². The second kappa shape index (κ2) is 11.4. The summed E-state index contributed by atoms with van der Waals surface area (Å²) in [7, 11) is 2.13. The van der Waals surface area contributed by atoms with Crippen LogP contribution in [0.4, 0.5) is 10.2 Å². The Kier molecular flexibility index (Phi) is 7.69. The summed E-state index contributed by atoms with van der Waals surface area (Å²) in [4.78, 5) is 28.4. The number of amides is 1. The van der Waals surface area contributed by atoms with E-state index in [0.717, 1.165) is 68.6 Å². The number of hydrogen-bond donors (Lipinski definition) is 0. The molecule has 2 aromatic rings. The van der Waals surface area contributed by atoms with Crippen molar-refractivity contribution in [2.75, 3.05) is 44.7 Å². The Bertz CT molecular complexity index is 1370. The maximum absolute atomic E-state index is 13.8. The number of carbonyl (C=O) groups excluding carboxylic acids is 1. The molecule has 4 aliphatic rings. The van der Waals surface area contributed by atoms with Gasteiger partial charge in [0.1, 0.15) is 12.4 Å². The van der Waals surface area contributed by atoms with Crippen molar-refractivity contribution < 1.29 is 13.9 Å². The number of rotatable bonds is 6. The van der Waals surface area contributed by atoms with Crippen molar-refractivity contribution in [1.29, 1.82) is 5.26 Å². The molecule has 1 aromatic carbocycles. The van der Waals surface area contributed by atoms with Gasteiger partial charge in [-0.15, -0.1) is 0 Å². The second-order valence-electron chi connectivity index (χ2n) is 12.3. The van der Waals surface area contributed by atoms with E-state index in [1.54, 1.807) is 0 Å². The van der Waals surface area contributed by atoms with Crippen molar-refractivity contribution in [3.63, 3.8) is 0 Å². The van der Waals surface area contributed by atoms with Gasteiger partial charge in [-0.3, -0.25) is 4.79 Å². The van der Waals surface area contributed by atoms with Gasteiger partial charge in [0.15, 0.2) is 5.83 Å². The highest BCUT2D eigenvalue weighted by Gasteiger charge is 2.41. The lowest BCUT2D eigenvalue weighted by Crippen LogP contribution is -2.55. The van der Waals surface area contributed by atoms with Gasteiger partial charge in [0.25, 0.3) is 5.91 Å². The zero-order chi connectivity index (χ0) is 28.6. The average Bonchev–Trinajstić information content (AvgIpc) is 3.39. The first-order valence-electron chi connectivity index (χ1n) is 14.9. The fourth-order valence-electron chi connectivity index (χ4n) is 7.40. The van der Waals surface area contributed by atoms with Crippen LogP contribution in [0.15, 0.2) is 36.7 Å². The Labute approximate surface area is 241 Å². The number of hydrogen-bond acceptors (Lipinski definition) is 7. The van der Waals surface area contributed by atoms with Crippen LogP contribution in [0, 0.1) is 16.7 Å². The van der Waals surface area contributed by atoms with E-state index in [1.807, 2.05) is 0 Å². The Hall–Kier alpha value is -3.51. The number of anilines is 1. The Morgan fingerprint density at radius 3 is 2.71 bits per heavy atom. The first kappa shape index (κ1) is 27.6. The molecule has 2 aliphatic carbocycles. The van der Waals surface area contributed by atoms with E-state index in [0.29, 0.717) is 38.3 Å². The molecule has 41 heavy (non-hydrogen) atoms. The Morgan fingerprint density at radius 1 is 1.15 bits per heavy atom. The topological polar surface area (TPSA) is 85.6 Å². The third-order valence-corrected chi connectivity index (χ3v) is 9.79. The van der Waals surface area contributed by atoms with Gasteiger partial charge in [-0.25, -0.2) is 4.39 Å². The molecule has 216 valence electrons. The van der Waals surface area contributed by atoms with Gasteiger partial charge in [-0.2, -0.15) is 15.2 Å². The molecule has 3 heterocycles. The Balaban J connectivity index is 1.30. The monoisotopic (exact) mass is 558 g/mol. The molecule has 1 aromatic heterocycles. The minimum absolute atomic E-state index is 0.114. The van der Waals surface area contributed by atoms with Crippen molar-refractivity contribution in [2.24, 2.45) is 5.41 Å². The van der Waals surface area contributed by atoms with Crippen LogP contribution in [0.25, 0.3) is 0 Å². The zero-order valence-corrected chi connectivity index (χ0v) is 23.9. The number of likely N-dealkylation sites (tertiary alicyclic amines) is 1. The van der Waals surface area contributed by atoms with Crippen molar-refractivity contribution in [3.05, 3.63) is 59.1 Å². The van der Waals surface area contributed by atoms with Gasteiger partial charge < -0.3 is 19.4 Å². The maximum atomic E-state index is 13.8. The van der Waals surface area contributed by atoms with Crippen LogP contribution in [0.3, 0.4) is 0 Å². The second-order valence-corrected chi connectivity index (χ2v) is 12.3. The molecule has 2 fully saturated rings. The van der Waals surface area contributed by atoms with E-state index in [-0.39, 0.29) is 11.8 Å². The molecule has 2 saturated heterocycles. The molecule has 8 nitrogen and oxygen atoms in total. The number of piperazine rings is 1. The average molecular weight is 559 g/mol. The molecule has 9 heteroatoms. The summed E-state index contributed by atoms with van der Waals surface area (Å²) in [6, 6.07) is 11.3. The van der Waals surface area contributed by atoms with Crippen LogP contribution in [0.1, 0.15) is 54.5 Å². The maximum Gasteiger partial charge on any atom is 0.318 e. The minimum atomic E-state index is -0.993. The number of benzene rings is 1. The normalized spacial score (nSPS) is 25.9. The van der Waals surface area contributed by atoms with E-state index in [4.69, 9.17) is 14.7 Å². The number of likely N-dealkylation sites (N-methyl/N-ethyl adjacent to an activating group) is 1. The summed E-state index contributed by atoms with van der Waals surface area (Å²) in [5.41, 5.74) is 5.29. The number of aryl methyl sites for hydroxylation is 1. The number of aromatic nitrogens is 2. The molecule has 0 unspecified atom stereocenters. The van der Waals surface area contributed by atoms with E-state index in [2.05, 4.69) is 53.8 Å². The van der Waals surface area contributed by atoms with E-state index >= 15 is 0 Å². The number of nitriles is 1. The smallest absolute Gasteiger partial charge is 0.318 e. The van der Waals surface area contributed by atoms with Gasteiger partial charge in [-0.05, 0) is 81.5 Å². The summed E-state index contributed by atoms with van der Waals surface area (Å²) < 4.78 is 20.1. The molecular weight excluding hydrogens is 519 g/mol. The lowest BCUT2D eigenvalue weighted by atomic mass is 9.63. The molecule has 0 N–H and O–H groups in total. The predicted octanol–water partition coefficient (Wildman–Crippen LogP) is 4.03. The minimum Gasteiger partial charge on any atom is -0.462 e. The standard InChI is InChI=1S/C32H39FN6O2/c1-22(33)30(40)39-17-16-38(20-25(39)11-14-34)29-27-10-13-32(12-9-23-6-3-4-7-24(23)18-32)19-28(27)35-31(36-29)41-21-26-8-5-15-37(26)2/h3-4,6-7,25-26H,1,5,8-13,15-21H2,2H3/t25-,26-,32-/m0/s1. The zero-order valence-electron chi connectivity index (χ0n) is 23.9. The molecule has 0 radical (unpaired) electrons. The summed E-state index contributed by atoms with van der Waals surface area (Å²) >= 11 is 0. The third-order valence-electron chi connectivity index (χ3n) is 9.79. The molecule has 0 bridgehead atoms. The predicted molar refractivity (Wildman–Crippen MR) is 154 cm³/mol. The highest BCUT2D eigenvalue weighted by Crippen LogP contribution is 2.46. The lowest BCUT2D eigenvalue weighted by Gasteiger charge is -2.44. The molecular formula is C32H39FN6O2. The van der Waals surface area contributed by atoms with Crippen LogP contribution >= 0.6 is 0 Å². The number of fused-ring (bicyclic) bond motifs is 2. The summed E-state index contributed by atoms with van der Waals surface area (Å²) in [5.74, 6) is -0.892. The lowest BCUT2D eigenvalue weighted by molar-refractivity contribution is -0.131. The van der Waals surface area contributed by atoms with E-state index < -0.39 is 17.8 Å². The first-order valence-corrected chi connectivity index (χ1v) is 14.9. The molecule has 1 spiro atoms. The van der Waals surface area contributed by atoms with E-state index in [9.17, 15) is 14.4 Å². The molecule has 1 amide bonds. The molecule has 2 aliphatic heterocycles. The molecule has 0 saturated carbocycles. The fourth-order valence-corrected chi connectivity index (χ4v) is 7.40.